The van der Waals surface area contributed by atoms with Gasteiger partial charge < -0.3 is 5.32 Å². The van der Waals surface area contributed by atoms with Gasteiger partial charge in [0.15, 0.2) is 0 Å². The van der Waals surface area contributed by atoms with Crippen LogP contribution in [0.15, 0.2) is 59.5 Å². The van der Waals surface area contributed by atoms with Crippen molar-refractivity contribution in [1.82, 2.24) is 4.72 Å². The lowest BCUT2D eigenvalue weighted by atomic mass is 10.2. The normalized spacial score (nSPS) is 14.1. The van der Waals surface area contributed by atoms with E-state index < -0.39 is 10.0 Å². The maximum atomic E-state index is 12.5. The Balaban J connectivity index is 1.54. The van der Waals surface area contributed by atoms with Crippen molar-refractivity contribution < 1.29 is 18.2 Å². The molecule has 0 spiro atoms. The minimum atomic E-state index is -3.69. The molecular formula is C19H18N3O3S2+. The van der Waals surface area contributed by atoms with Gasteiger partial charge in [0.2, 0.25) is 0 Å². The van der Waals surface area contributed by atoms with Gasteiger partial charge in [0, 0.05) is 10.4 Å². The molecule has 1 aliphatic rings. The van der Waals surface area contributed by atoms with E-state index in [1.807, 2.05) is 30.3 Å². The highest BCUT2D eigenvalue weighted by molar-refractivity contribution is 7.90. The number of sulfonamides is 1. The highest BCUT2D eigenvalue weighted by Crippen LogP contribution is 2.26. The predicted molar refractivity (Wildman–Crippen MR) is 107 cm³/mol. The molecule has 1 aromatic heterocycles. The third-order valence-electron chi connectivity index (χ3n) is 4.25. The van der Waals surface area contributed by atoms with E-state index in [4.69, 9.17) is 0 Å². The number of carbonyl (C=O) groups excluding carboxylic acids is 1. The minimum absolute atomic E-state index is 0.109. The molecule has 3 aromatic rings. The Bertz CT molecular complexity index is 1120. The molecule has 6 nitrogen and oxygen atoms in total. The number of anilines is 1. The molecular weight excluding hydrogens is 382 g/mol. The van der Waals surface area contributed by atoms with Gasteiger partial charge >= 0.3 is 10.0 Å². The fraction of sp³-hybridized carbons (Fsp3) is 0.158. The first-order valence-corrected chi connectivity index (χ1v) is 10.8. The van der Waals surface area contributed by atoms with Gasteiger partial charge in [-0.05, 0) is 42.1 Å². The fourth-order valence-electron chi connectivity index (χ4n) is 2.93. The van der Waals surface area contributed by atoms with Gasteiger partial charge in [0.1, 0.15) is 4.90 Å². The third-order valence-corrected chi connectivity index (χ3v) is 6.76. The molecule has 138 valence electrons. The first-order valence-electron chi connectivity index (χ1n) is 8.54. The molecule has 2 heterocycles. The number of thiophene rings is 1. The molecule has 27 heavy (non-hydrogen) atoms. The summed E-state index contributed by atoms with van der Waals surface area (Å²) in [5.74, 6) is 0.347. The summed E-state index contributed by atoms with van der Waals surface area (Å²) in [7, 11) is -3.69. The zero-order valence-electron chi connectivity index (χ0n) is 14.4. The lowest BCUT2D eigenvalue weighted by Crippen LogP contribution is -2.72. The highest BCUT2D eigenvalue weighted by Gasteiger charge is 2.24. The van der Waals surface area contributed by atoms with Gasteiger partial charge in [-0.2, -0.15) is 13.1 Å². The lowest BCUT2D eigenvalue weighted by Gasteiger charge is -2.06. The Hall–Kier alpha value is -2.71. The van der Waals surface area contributed by atoms with E-state index in [2.05, 4.69) is 15.0 Å². The van der Waals surface area contributed by atoms with Crippen molar-refractivity contribution in [3.63, 3.8) is 0 Å². The van der Waals surface area contributed by atoms with E-state index in [1.165, 1.54) is 23.5 Å². The average Bonchev–Trinajstić information content (AvgIpc) is 3.31. The Labute approximate surface area is 161 Å². The van der Waals surface area contributed by atoms with Crippen molar-refractivity contribution in [1.29, 1.82) is 0 Å². The van der Waals surface area contributed by atoms with E-state index in [0.29, 0.717) is 22.8 Å². The highest BCUT2D eigenvalue weighted by atomic mass is 32.2. The van der Waals surface area contributed by atoms with Crippen LogP contribution in [0.1, 0.15) is 22.5 Å². The summed E-state index contributed by atoms with van der Waals surface area (Å²) in [4.78, 5) is 16.3. The molecule has 3 N–H and O–H groups in total. The molecule has 0 unspecified atom stereocenters. The summed E-state index contributed by atoms with van der Waals surface area (Å²) in [6.45, 7) is 0.767. The van der Waals surface area contributed by atoms with Gasteiger partial charge in [-0.3, -0.25) is 9.79 Å². The molecule has 0 bridgehead atoms. The van der Waals surface area contributed by atoms with Crippen LogP contribution in [-0.2, 0) is 10.0 Å². The van der Waals surface area contributed by atoms with E-state index in [1.54, 1.807) is 12.1 Å². The van der Waals surface area contributed by atoms with Gasteiger partial charge in [-0.15, -0.1) is 11.3 Å². The summed E-state index contributed by atoms with van der Waals surface area (Å²) in [5, 5.41) is 3.79. The molecule has 0 saturated heterocycles. The van der Waals surface area contributed by atoms with Crippen molar-refractivity contribution in [2.24, 2.45) is 0 Å². The smallest absolute Gasteiger partial charge is 0.321 e. The predicted octanol–water partition coefficient (Wildman–Crippen LogP) is 1.70. The zero-order chi connectivity index (χ0) is 18.9. The van der Waals surface area contributed by atoms with Crippen LogP contribution in [0.4, 0.5) is 5.69 Å². The number of amidine groups is 1. The summed E-state index contributed by atoms with van der Waals surface area (Å²) in [5.41, 5.74) is 0.435. The summed E-state index contributed by atoms with van der Waals surface area (Å²) in [6, 6.07) is 15.9. The molecule has 0 fully saturated rings. The molecule has 0 atom stereocenters. The number of benzene rings is 2. The van der Waals surface area contributed by atoms with Crippen LogP contribution in [0.25, 0.3) is 10.1 Å². The first kappa shape index (κ1) is 17.7. The molecule has 0 saturated carbocycles. The molecule has 0 radical (unpaired) electrons. The van der Waals surface area contributed by atoms with Crippen LogP contribution in [0.5, 0.6) is 0 Å². The van der Waals surface area contributed by atoms with E-state index >= 15 is 0 Å². The summed E-state index contributed by atoms with van der Waals surface area (Å²) < 4.78 is 28.7. The molecule has 0 aliphatic carbocycles. The van der Waals surface area contributed by atoms with Gasteiger partial charge in [0.25, 0.3) is 11.7 Å². The standard InChI is InChI=1S/C19H17N3O3S2/c23-19(17-11-13-5-1-2-8-16(13)26-17)21-14-6-3-7-15(12-14)27(24,25)22-18-9-4-10-20-18/h1-3,5-8,11-12H,4,9-10H2,(H,20,22)(H,21,23)/p+1. The van der Waals surface area contributed by atoms with Crippen LogP contribution >= 0.6 is 11.3 Å². The number of nitrogens with one attached hydrogen (secondary N) is 3. The summed E-state index contributed by atoms with van der Waals surface area (Å²) in [6.07, 6.45) is 1.59. The summed E-state index contributed by atoms with van der Waals surface area (Å²) >= 11 is 1.40. The van der Waals surface area contributed by atoms with Crippen molar-refractivity contribution >= 4 is 48.9 Å². The van der Waals surface area contributed by atoms with Crippen molar-refractivity contribution in [2.75, 3.05) is 11.9 Å². The van der Waals surface area contributed by atoms with E-state index in [0.717, 1.165) is 23.1 Å². The number of amides is 1. The van der Waals surface area contributed by atoms with Crippen molar-refractivity contribution in [2.45, 2.75) is 17.7 Å². The number of fused-ring (bicyclic) bond motifs is 1. The maximum absolute atomic E-state index is 12.5. The third kappa shape index (κ3) is 3.86. The van der Waals surface area contributed by atoms with Gasteiger partial charge in [-0.25, -0.2) is 0 Å². The second-order valence-corrected chi connectivity index (χ2v) is 9.01. The number of hydrogen-bond donors (Lipinski definition) is 3. The van der Waals surface area contributed by atoms with Crippen molar-refractivity contribution in [3.8, 4) is 0 Å². The first-order chi connectivity index (χ1) is 13.0. The van der Waals surface area contributed by atoms with E-state index in [-0.39, 0.29) is 10.8 Å². The van der Waals surface area contributed by atoms with Gasteiger partial charge in [-0.1, -0.05) is 24.3 Å². The second-order valence-electron chi connectivity index (χ2n) is 6.24. The fourth-order valence-corrected chi connectivity index (χ4v) is 5.04. The maximum Gasteiger partial charge on any atom is 0.328 e. The molecule has 2 aromatic carbocycles. The topological polar surface area (TPSA) is 89.2 Å². The number of carbonyl (C=O) groups is 1. The Morgan fingerprint density at radius 2 is 1.93 bits per heavy atom. The van der Waals surface area contributed by atoms with Crippen LogP contribution in [0.2, 0.25) is 0 Å². The average molecular weight is 401 g/mol. The molecule has 8 heteroatoms. The van der Waals surface area contributed by atoms with Crippen LogP contribution in [0, 0.1) is 0 Å². The molecule has 1 aliphatic heterocycles. The van der Waals surface area contributed by atoms with Crippen LogP contribution in [-0.4, -0.2) is 26.7 Å². The molecule has 1 amide bonds. The zero-order valence-corrected chi connectivity index (χ0v) is 16.0. The Morgan fingerprint density at radius 3 is 2.70 bits per heavy atom. The lowest BCUT2D eigenvalue weighted by molar-refractivity contribution is -0.448. The van der Waals surface area contributed by atoms with Gasteiger partial charge in [0.05, 0.1) is 17.8 Å². The molecule has 4 rings (SSSR count). The van der Waals surface area contributed by atoms with Crippen LogP contribution < -0.4 is 15.0 Å². The number of hydrogen-bond acceptors (Lipinski definition) is 4. The quantitative estimate of drug-likeness (QED) is 0.623. The minimum Gasteiger partial charge on any atom is -0.321 e. The monoisotopic (exact) mass is 400 g/mol. The Kier molecular flexibility index (Phi) is 4.67. The largest absolute Gasteiger partial charge is 0.328 e. The number of rotatable bonds is 4. The SMILES string of the molecule is O=C(Nc1cccc(S(=O)(=O)NC2=[NH+]CCC2)c1)c1cc2ccccc2s1. The van der Waals surface area contributed by atoms with Crippen molar-refractivity contribution in [3.05, 3.63) is 59.5 Å². The Morgan fingerprint density at radius 1 is 1.07 bits per heavy atom. The van der Waals surface area contributed by atoms with Crippen LogP contribution in [0.3, 0.4) is 0 Å². The second kappa shape index (κ2) is 7.13. The van der Waals surface area contributed by atoms with E-state index in [9.17, 15) is 13.2 Å².